The Kier molecular flexibility index (Phi) is 5.11. The second kappa shape index (κ2) is 6.37. The Bertz CT molecular complexity index is 331. The normalized spacial score (nSPS) is 10.8. The van der Waals surface area contributed by atoms with Crippen LogP contribution in [-0.2, 0) is 6.54 Å². The van der Waals surface area contributed by atoms with Gasteiger partial charge in [-0.25, -0.2) is 13.2 Å². The second-order valence-electron chi connectivity index (χ2n) is 3.25. The Morgan fingerprint density at radius 3 is 2.69 bits per heavy atom. The van der Waals surface area contributed by atoms with Crippen molar-refractivity contribution < 1.29 is 17.9 Å². The third-order valence-corrected chi connectivity index (χ3v) is 1.94. The summed E-state index contributed by atoms with van der Waals surface area (Å²) in [6.07, 6.45) is -2.60. The Labute approximate surface area is 92.4 Å². The van der Waals surface area contributed by atoms with E-state index < -0.39 is 18.8 Å². The second-order valence-corrected chi connectivity index (χ2v) is 3.25. The van der Waals surface area contributed by atoms with Gasteiger partial charge in [-0.15, -0.1) is 0 Å². The van der Waals surface area contributed by atoms with Gasteiger partial charge in [0, 0.05) is 6.54 Å². The van der Waals surface area contributed by atoms with Crippen molar-refractivity contribution in [1.82, 2.24) is 5.32 Å². The number of hydrogen-bond donors (Lipinski definition) is 1. The van der Waals surface area contributed by atoms with Gasteiger partial charge in [-0.3, -0.25) is 0 Å². The lowest BCUT2D eigenvalue weighted by Crippen LogP contribution is -2.12. The number of benzene rings is 1. The van der Waals surface area contributed by atoms with Crippen molar-refractivity contribution in [3.05, 3.63) is 29.6 Å². The average molecular weight is 233 g/mol. The van der Waals surface area contributed by atoms with E-state index >= 15 is 0 Å². The van der Waals surface area contributed by atoms with Gasteiger partial charge in [0.2, 0.25) is 0 Å². The Morgan fingerprint density at radius 1 is 1.38 bits per heavy atom. The van der Waals surface area contributed by atoms with Crippen molar-refractivity contribution in [2.45, 2.75) is 19.9 Å². The lowest BCUT2D eigenvalue weighted by molar-refractivity contribution is 0.0799. The van der Waals surface area contributed by atoms with Crippen molar-refractivity contribution in [1.29, 1.82) is 0 Å². The fourth-order valence-corrected chi connectivity index (χ4v) is 1.19. The van der Waals surface area contributed by atoms with E-state index in [1.807, 2.05) is 6.92 Å². The summed E-state index contributed by atoms with van der Waals surface area (Å²) in [6.45, 7) is 2.48. The molecule has 0 aliphatic heterocycles. The summed E-state index contributed by atoms with van der Waals surface area (Å²) in [4.78, 5) is 0. The first-order valence-electron chi connectivity index (χ1n) is 5.03. The molecule has 1 aromatic carbocycles. The summed E-state index contributed by atoms with van der Waals surface area (Å²) in [5, 5.41) is 3.03. The molecule has 0 radical (unpaired) electrons. The molecule has 0 saturated heterocycles. The van der Waals surface area contributed by atoms with E-state index in [0.717, 1.165) is 12.1 Å². The van der Waals surface area contributed by atoms with Crippen LogP contribution in [-0.4, -0.2) is 19.6 Å². The predicted octanol–water partition coefficient (Wildman–Crippen LogP) is 2.58. The van der Waals surface area contributed by atoms with Gasteiger partial charge in [-0.2, -0.15) is 0 Å². The van der Waals surface area contributed by atoms with Crippen LogP contribution in [0.25, 0.3) is 0 Å². The maximum Gasteiger partial charge on any atom is 0.272 e. The van der Waals surface area contributed by atoms with Crippen molar-refractivity contribution in [3.8, 4) is 5.75 Å². The van der Waals surface area contributed by atoms with Crippen LogP contribution >= 0.6 is 0 Å². The third kappa shape index (κ3) is 4.10. The highest BCUT2D eigenvalue weighted by Gasteiger charge is 2.08. The van der Waals surface area contributed by atoms with Crippen LogP contribution in [0.15, 0.2) is 18.2 Å². The van der Waals surface area contributed by atoms with Gasteiger partial charge in [-0.05, 0) is 24.2 Å². The minimum atomic E-state index is -2.60. The Morgan fingerprint density at radius 2 is 2.12 bits per heavy atom. The molecule has 0 unspecified atom stereocenters. The maximum absolute atomic E-state index is 13.3. The van der Waals surface area contributed by atoms with E-state index in [9.17, 15) is 13.2 Å². The Hall–Kier alpha value is -1.23. The van der Waals surface area contributed by atoms with Crippen LogP contribution < -0.4 is 10.1 Å². The van der Waals surface area contributed by atoms with Crippen LogP contribution in [0.2, 0.25) is 0 Å². The molecule has 0 saturated carbocycles. The molecular weight excluding hydrogens is 219 g/mol. The van der Waals surface area contributed by atoms with Crippen molar-refractivity contribution in [3.63, 3.8) is 0 Å². The highest BCUT2D eigenvalue weighted by molar-refractivity contribution is 5.29. The van der Waals surface area contributed by atoms with E-state index in [-0.39, 0.29) is 5.75 Å². The SMILES string of the molecule is CCNCc1ccc(OCC(F)F)c(F)c1. The molecule has 1 rings (SSSR count). The summed E-state index contributed by atoms with van der Waals surface area (Å²) < 4.78 is 41.6. The molecule has 0 aromatic heterocycles. The highest BCUT2D eigenvalue weighted by Crippen LogP contribution is 2.18. The molecule has 0 aliphatic carbocycles. The number of ether oxygens (including phenoxy) is 1. The van der Waals surface area contributed by atoms with Gasteiger partial charge >= 0.3 is 0 Å². The van der Waals surface area contributed by atoms with Crippen molar-refractivity contribution in [2.24, 2.45) is 0 Å². The van der Waals surface area contributed by atoms with Gasteiger partial charge in [0.25, 0.3) is 6.43 Å². The lowest BCUT2D eigenvalue weighted by atomic mass is 10.2. The van der Waals surface area contributed by atoms with Crippen LogP contribution in [0.5, 0.6) is 5.75 Å². The first-order chi connectivity index (χ1) is 7.63. The number of halogens is 3. The smallest absolute Gasteiger partial charge is 0.272 e. The van der Waals surface area contributed by atoms with E-state index in [0.29, 0.717) is 6.54 Å². The molecule has 0 fully saturated rings. The summed E-state index contributed by atoms with van der Waals surface area (Å²) in [7, 11) is 0. The molecule has 16 heavy (non-hydrogen) atoms. The lowest BCUT2D eigenvalue weighted by Gasteiger charge is -2.08. The molecular formula is C11H14F3NO. The van der Waals surface area contributed by atoms with E-state index in [4.69, 9.17) is 0 Å². The molecule has 2 nitrogen and oxygen atoms in total. The minimum Gasteiger partial charge on any atom is -0.485 e. The van der Waals surface area contributed by atoms with Crippen LogP contribution in [0.3, 0.4) is 0 Å². The number of nitrogens with one attached hydrogen (secondary N) is 1. The number of hydrogen-bond acceptors (Lipinski definition) is 2. The summed E-state index contributed by atoms with van der Waals surface area (Å²) in [5.41, 5.74) is 0.753. The van der Waals surface area contributed by atoms with Crippen molar-refractivity contribution in [2.75, 3.05) is 13.2 Å². The maximum atomic E-state index is 13.3. The number of rotatable bonds is 6. The first-order valence-corrected chi connectivity index (χ1v) is 5.03. The van der Waals surface area contributed by atoms with Crippen LogP contribution in [0.4, 0.5) is 13.2 Å². The van der Waals surface area contributed by atoms with Crippen LogP contribution in [0.1, 0.15) is 12.5 Å². The fraction of sp³-hybridized carbons (Fsp3) is 0.455. The quantitative estimate of drug-likeness (QED) is 0.815. The zero-order valence-electron chi connectivity index (χ0n) is 8.97. The summed E-state index contributed by atoms with van der Waals surface area (Å²) in [5.74, 6) is -0.753. The molecule has 0 heterocycles. The van der Waals surface area contributed by atoms with Gasteiger partial charge in [0.05, 0.1) is 0 Å². The predicted molar refractivity (Wildman–Crippen MR) is 55.3 cm³/mol. The molecule has 1 N–H and O–H groups in total. The molecule has 0 aliphatic rings. The van der Waals surface area contributed by atoms with Crippen molar-refractivity contribution >= 4 is 0 Å². The van der Waals surface area contributed by atoms with Gasteiger partial charge < -0.3 is 10.1 Å². The summed E-state index contributed by atoms with van der Waals surface area (Å²) >= 11 is 0. The van der Waals surface area contributed by atoms with Crippen LogP contribution in [0, 0.1) is 5.82 Å². The minimum absolute atomic E-state index is 0.138. The first kappa shape index (κ1) is 12.8. The molecule has 90 valence electrons. The standard InChI is InChI=1S/C11H14F3NO/c1-2-15-6-8-3-4-10(9(12)5-8)16-7-11(13)14/h3-5,11,15H,2,6-7H2,1H3. The van der Waals surface area contributed by atoms with Gasteiger partial charge in [-0.1, -0.05) is 13.0 Å². The number of alkyl halides is 2. The molecule has 5 heteroatoms. The largest absolute Gasteiger partial charge is 0.485 e. The molecule has 0 spiro atoms. The molecule has 0 atom stereocenters. The third-order valence-electron chi connectivity index (χ3n) is 1.94. The van der Waals surface area contributed by atoms with E-state index in [2.05, 4.69) is 10.1 Å². The monoisotopic (exact) mass is 233 g/mol. The highest BCUT2D eigenvalue weighted by atomic mass is 19.3. The molecule has 1 aromatic rings. The Balaban J connectivity index is 2.60. The topological polar surface area (TPSA) is 21.3 Å². The summed E-state index contributed by atoms with van der Waals surface area (Å²) in [6, 6.07) is 4.29. The average Bonchev–Trinajstić information content (AvgIpc) is 2.24. The van der Waals surface area contributed by atoms with E-state index in [1.165, 1.54) is 12.1 Å². The van der Waals surface area contributed by atoms with Gasteiger partial charge in [0.15, 0.2) is 11.6 Å². The molecule has 0 bridgehead atoms. The van der Waals surface area contributed by atoms with E-state index in [1.54, 1.807) is 6.07 Å². The zero-order chi connectivity index (χ0) is 12.0. The molecule has 0 amide bonds. The zero-order valence-corrected chi connectivity index (χ0v) is 8.97. The van der Waals surface area contributed by atoms with Gasteiger partial charge in [0.1, 0.15) is 6.61 Å². The fourth-order valence-electron chi connectivity index (χ4n) is 1.19.